The van der Waals surface area contributed by atoms with E-state index in [1.54, 1.807) is 0 Å². The maximum absolute atomic E-state index is 3.90. The highest BCUT2D eigenvalue weighted by molar-refractivity contribution is 8.00. The van der Waals surface area contributed by atoms with Gasteiger partial charge in [-0.3, -0.25) is 5.32 Å². The van der Waals surface area contributed by atoms with Crippen LogP contribution in [0, 0.1) is 11.8 Å². The van der Waals surface area contributed by atoms with Crippen molar-refractivity contribution in [3.63, 3.8) is 0 Å². The molecule has 1 saturated carbocycles. The lowest BCUT2D eigenvalue weighted by Gasteiger charge is -2.42. The summed E-state index contributed by atoms with van der Waals surface area (Å²) in [5.41, 5.74) is 0. The molecule has 0 amide bonds. The lowest BCUT2D eigenvalue weighted by atomic mass is 9.79. The zero-order chi connectivity index (χ0) is 10.2. The molecule has 0 bridgehead atoms. The van der Waals surface area contributed by atoms with Gasteiger partial charge in [0.05, 0.1) is 4.87 Å². The molecule has 1 saturated heterocycles. The summed E-state index contributed by atoms with van der Waals surface area (Å²) in [6.07, 6.45) is 5.52. The number of hydrogen-bond acceptors (Lipinski definition) is 2. The number of thioether (sulfide) groups is 1. The van der Waals surface area contributed by atoms with Crippen molar-refractivity contribution in [2.24, 2.45) is 11.8 Å². The molecule has 4 unspecified atom stereocenters. The van der Waals surface area contributed by atoms with Gasteiger partial charge in [-0.1, -0.05) is 27.2 Å². The topological polar surface area (TPSA) is 12.0 Å². The molecule has 1 aliphatic carbocycles. The van der Waals surface area contributed by atoms with Crippen LogP contribution in [0.5, 0.6) is 0 Å². The van der Waals surface area contributed by atoms with E-state index < -0.39 is 0 Å². The lowest BCUT2D eigenvalue weighted by molar-refractivity contribution is 0.198. The van der Waals surface area contributed by atoms with Gasteiger partial charge in [-0.15, -0.1) is 11.8 Å². The van der Waals surface area contributed by atoms with E-state index in [1.807, 2.05) is 0 Å². The highest BCUT2D eigenvalue weighted by atomic mass is 32.2. The monoisotopic (exact) mass is 213 g/mol. The Morgan fingerprint density at radius 2 is 2.14 bits per heavy atom. The molecule has 1 spiro atoms. The Morgan fingerprint density at radius 1 is 1.36 bits per heavy atom. The van der Waals surface area contributed by atoms with E-state index in [4.69, 9.17) is 0 Å². The van der Waals surface area contributed by atoms with Gasteiger partial charge in [0.25, 0.3) is 0 Å². The summed E-state index contributed by atoms with van der Waals surface area (Å²) in [4.78, 5) is 0.443. The van der Waals surface area contributed by atoms with Crippen molar-refractivity contribution in [2.75, 3.05) is 5.75 Å². The molecule has 14 heavy (non-hydrogen) atoms. The van der Waals surface area contributed by atoms with Crippen molar-refractivity contribution >= 4 is 11.8 Å². The van der Waals surface area contributed by atoms with E-state index in [9.17, 15) is 0 Å². The second-order valence-corrected chi connectivity index (χ2v) is 6.59. The Hall–Kier alpha value is 0.310. The summed E-state index contributed by atoms with van der Waals surface area (Å²) < 4.78 is 0. The maximum atomic E-state index is 3.90. The van der Waals surface area contributed by atoms with Gasteiger partial charge < -0.3 is 0 Å². The summed E-state index contributed by atoms with van der Waals surface area (Å²) in [5.74, 6) is 3.11. The lowest BCUT2D eigenvalue weighted by Crippen LogP contribution is -2.49. The van der Waals surface area contributed by atoms with Gasteiger partial charge >= 0.3 is 0 Å². The Labute approximate surface area is 92.4 Å². The van der Waals surface area contributed by atoms with Crippen LogP contribution in [0.1, 0.15) is 46.5 Å². The van der Waals surface area contributed by atoms with Crippen molar-refractivity contribution in [1.29, 1.82) is 0 Å². The van der Waals surface area contributed by atoms with E-state index in [0.29, 0.717) is 4.87 Å². The summed E-state index contributed by atoms with van der Waals surface area (Å²) in [6.45, 7) is 7.15. The molecular weight excluding hydrogens is 190 g/mol. The number of hydrogen-bond donors (Lipinski definition) is 1. The predicted octanol–water partition coefficient (Wildman–Crippen LogP) is 3.25. The van der Waals surface area contributed by atoms with E-state index >= 15 is 0 Å². The Kier molecular flexibility index (Phi) is 3.13. The first-order chi connectivity index (χ1) is 6.66. The van der Waals surface area contributed by atoms with Crippen LogP contribution in [-0.2, 0) is 0 Å². The molecule has 1 nitrogen and oxygen atoms in total. The van der Waals surface area contributed by atoms with Crippen molar-refractivity contribution in [2.45, 2.75) is 57.4 Å². The molecule has 2 fully saturated rings. The molecule has 1 heterocycles. The number of rotatable bonds is 1. The average Bonchev–Trinajstić information content (AvgIpc) is 2.57. The van der Waals surface area contributed by atoms with Crippen LogP contribution < -0.4 is 5.32 Å². The fourth-order valence-electron chi connectivity index (χ4n) is 2.89. The van der Waals surface area contributed by atoms with Crippen LogP contribution in [0.4, 0.5) is 0 Å². The zero-order valence-electron chi connectivity index (χ0n) is 9.68. The quantitative estimate of drug-likeness (QED) is 0.717. The van der Waals surface area contributed by atoms with E-state index in [0.717, 1.165) is 17.9 Å². The predicted molar refractivity (Wildman–Crippen MR) is 64.6 cm³/mol. The average molecular weight is 213 g/mol. The molecule has 0 radical (unpaired) electrons. The van der Waals surface area contributed by atoms with Crippen molar-refractivity contribution in [3.8, 4) is 0 Å². The van der Waals surface area contributed by atoms with Gasteiger partial charge in [-0.2, -0.15) is 0 Å². The Balaban J connectivity index is 2.06. The van der Waals surface area contributed by atoms with Gasteiger partial charge in [-0.25, -0.2) is 0 Å². The molecule has 0 aromatic carbocycles. The smallest absolute Gasteiger partial charge is 0.0676 e. The minimum Gasteiger partial charge on any atom is -0.299 e. The molecule has 2 heteroatoms. The SMILES string of the molecule is CCC1CSC2(CC(C)CCC2C)N1. The van der Waals surface area contributed by atoms with Crippen LogP contribution in [-0.4, -0.2) is 16.7 Å². The first kappa shape index (κ1) is 10.8. The largest absolute Gasteiger partial charge is 0.299 e. The van der Waals surface area contributed by atoms with Crippen LogP contribution in [0.25, 0.3) is 0 Å². The molecule has 2 rings (SSSR count). The van der Waals surface area contributed by atoms with Gasteiger partial charge in [0.1, 0.15) is 0 Å². The van der Waals surface area contributed by atoms with Crippen LogP contribution in [0.3, 0.4) is 0 Å². The molecule has 0 aromatic rings. The summed E-state index contributed by atoms with van der Waals surface area (Å²) in [5, 5.41) is 3.90. The highest BCUT2D eigenvalue weighted by Gasteiger charge is 2.45. The first-order valence-corrected chi connectivity index (χ1v) is 7.06. The first-order valence-electron chi connectivity index (χ1n) is 6.08. The second kappa shape index (κ2) is 4.05. The Bertz CT molecular complexity index is 206. The van der Waals surface area contributed by atoms with E-state index in [2.05, 4.69) is 37.8 Å². The van der Waals surface area contributed by atoms with Crippen molar-refractivity contribution in [3.05, 3.63) is 0 Å². The summed E-state index contributed by atoms with van der Waals surface area (Å²) >= 11 is 2.20. The fraction of sp³-hybridized carbons (Fsp3) is 1.00. The minimum atomic E-state index is 0.443. The summed E-state index contributed by atoms with van der Waals surface area (Å²) in [7, 11) is 0. The van der Waals surface area contributed by atoms with Gasteiger partial charge in [0.15, 0.2) is 0 Å². The van der Waals surface area contributed by atoms with E-state index in [-0.39, 0.29) is 0 Å². The van der Waals surface area contributed by atoms with Gasteiger partial charge in [0, 0.05) is 11.8 Å². The third kappa shape index (κ3) is 1.83. The third-order valence-electron chi connectivity index (χ3n) is 4.02. The maximum Gasteiger partial charge on any atom is 0.0676 e. The highest BCUT2D eigenvalue weighted by Crippen LogP contribution is 2.47. The van der Waals surface area contributed by atoms with Crippen LogP contribution in [0.15, 0.2) is 0 Å². The van der Waals surface area contributed by atoms with Crippen molar-refractivity contribution in [1.82, 2.24) is 5.32 Å². The van der Waals surface area contributed by atoms with Crippen LogP contribution in [0.2, 0.25) is 0 Å². The fourth-order valence-corrected chi connectivity index (χ4v) is 4.76. The number of nitrogens with one attached hydrogen (secondary N) is 1. The summed E-state index contributed by atoms with van der Waals surface area (Å²) in [6, 6.07) is 0.771. The molecule has 1 N–H and O–H groups in total. The van der Waals surface area contributed by atoms with Gasteiger partial charge in [0.2, 0.25) is 0 Å². The van der Waals surface area contributed by atoms with Crippen LogP contribution >= 0.6 is 11.8 Å². The molecule has 4 atom stereocenters. The Morgan fingerprint density at radius 3 is 2.79 bits per heavy atom. The van der Waals surface area contributed by atoms with Gasteiger partial charge in [-0.05, 0) is 31.1 Å². The van der Waals surface area contributed by atoms with Crippen molar-refractivity contribution < 1.29 is 0 Å². The molecule has 0 aromatic heterocycles. The zero-order valence-corrected chi connectivity index (χ0v) is 10.5. The standard InChI is InChI=1S/C12H23NS/c1-4-11-8-14-12(13-11)7-9(2)5-6-10(12)3/h9-11,13H,4-8H2,1-3H3. The molecule has 2 aliphatic rings. The minimum absolute atomic E-state index is 0.443. The van der Waals surface area contributed by atoms with E-state index in [1.165, 1.54) is 31.4 Å². The second-order valence-electron chi connectivity index (χ2n) is 5.24. The normalized spacial score (nSPS) is 48.6. The molecular formula is C12H23NS. The third-order valence-corrected chi connectivity index (χ3v) is 5.79. The molecule has 1 aliphatic heterocycles. The molecule has 82 valence electrons.